The molecule has 2 aromatic carbocycles. The van der Waals surface area contributed by atoms with Gasteiger partial charge in [-0.05, 0) is 74.0 Å². The molecule has 0 heterocycles. The van der Waals surface area contributed by atoms with Crippen molar-refractivity contribution < 1.29 is 17.9 Å². The first kappa shape index (κ1) is 24.8. The topological polar surface area (TPSA) is 85.2 Å². The molecule has 0 spiro atoms. The van der Waals surface area contributed by atoms with Gasteiger partial charge in [0.1, 0.15) is 0 Å². The number of unbranched alkanes of at least 4 members (excludes halogenated alkanes) is 3. The molecule has 0 aliphatic heterocycles. The van der Waals surface area contributed by atoms with E-state index in [0.29, 0.717) is 17.9 Å². The monoisotopic (exact) mass is 460 g/mol. The lowest BCUT2D eigenvalue weighted by atomic mass is 10.2. The van der Waals surface area contributed by atoms with E-state index in [1.807, 2.05) is 24.3 Å². The molecule has 0 aromatic heterocycles. The average Bonchev–Trinajstić information content (AvgIpc) is 2.74. The van der Waals surface area contributed by atoms with Crippen LogP contribution in [0.25, 0.3) is 0 Å². The molecule has 2 aromatic rings. The van der Waals surface area contributed by atoms with Gasteiger partial charge in [-0.25, -0.2) is 13.2 Å². The Balaban J connectivity index is 1.67. The fraction of sp³-hybridized carbons (Fsp3) is 0.348. The van der Waals surface area contributed by atoms with Crippen molar-refractivity contribution in [2.75, 3.05) is 18.6 Å². The molecule has 0 aliphatic rings. The van der Waals surface area contributed by atoms with Gasteiger partial charge in [0.05, 0.1) is 22.9 Å². The Morgan fingerprint density at radius 1 is 0.935 bits per heavy atom. The Morgan fingerprint density at radius 3 is 2.03 bits per heavy atom. The fourth-order valence-corrected chi connectivity index (χ4v) is 4.06. The van der Waals surface area contributed by atoms with Crippen LogP contribution >= 0.6 is 11.8 Å². The lowest BCUT2D eigenvalue weighted by molar-refractivity contribution is -0.139. The molecule has 0 bridgehead atoms. The van der Waals surface area contributed by atoms with Gasteiger partial charge in [0.15, 0.2) is 9.84 Å². The summed E-state index contributed by atoms with van der Waals surface area (Å²) in [6, 6.07) is 14.2. The zero-order valence-electron chi connectivity index (χ0n) is 17.9. The minimum absolute atomic E-state index is 0.263. The van der Waals surface area contributed by atoms with E-state index in [0.717, 1.165) is 37.1 Å². The Hall–Kier alpha value is -2.45. The largest absolute Gasteiger partial charge is 0.462 e. The number of azo groups is 1. The first-order chi connectivity index (χ1) is 14.8. The summed E-state index contributed by atoms with van der Waals surface area (Å²) in [4.78, 5) is 12.7. The maximum Gasteiger partial charge on any atom is 0.333 e. The average molecular weight is 461 g/mol. The Kier molecular flexibility index (Phi) is 9.94. The van der Waals surface area contributed by atoms with Crippen LogP contribution in [0.15, 0.2) is 80.7 Å². The van der Waals surface area contributed by atoms with E-state index < -0.39 is 9.84 Å². The van der Waals surface area contributed by atoms with Gasteiger partial charge >= 0.3 is 5.97 Å². The highest BCUT2D eigenvalue weighted by molar-refractivity contribution is 7.99. The third-order valence-corrected chi connectivity index (χ3v) is 6.50. The van der Waals surface area contributed by atoms with Crippen molar-refractivity contribution in [2.24, 2.45) is 10.2 Å². The molecular formula is C23H28N2O4S2. The number of sulfone groups is 1. The highest BCUT2D eigenvalue weighted by Crippen LogP contribution is 2.25. The van der Waals surface area contributed by atoms with E-state index in [1.165, 1.54) is 23.3 Å². The van der Waals surface area contributed by atoms with Crippen molar-refractivity contribution in [2.45, 2.75) is 42.4 Å². The molecule has 0 aliphatic carbocycles. The van der Waals surface area contributed by atoms with Crippen LogP contribution in [0.4, 0.5) is 11.4 Å². The van der Waals surface area contributed by atoms with Crippen LogP contribution in [0.3, 0.4) is 0 Å². The highest BCUT2D eigenvalue weighted by Gasteiger charge is 2.05. The summed E-state index contributed by atoms with van der Waals surface area (Å²) in [5, 5.41) is 8.34. The summed E-state index contributed by atoms with van der Waals surface area (Å²) in [7, 11) is -3.21. The fourth-order valence-electron chi connectivity index (χ4n) is 2.52. The quantitative estimate of drug-likeness (QED) is 0.122. The SMILES string of the molecule is C=C(C)C(=O)OCCCCCCSc1ccc(N=Nc2ccc(S(C)(=O)=O)cc2)cc1. The predicted molar refractivity (Wildman–Crippen MR) is 125 cm³/mol. The molecule has 0 atom stereocenters. The number of hydrogen-bond donors (Lipinski definition) is 0. The van der Waals surface area contributed by atoms with Crippen LogP contribution in [-0.4, -0.2) is 33.0 Å². The molecule has 6 nitrogen and oxygen atoms in total. The van der Waals surface area contributed by atoms with E-state index >= 15 is 0 Å². The van der Waals surface area contributed by atoms with Gasteiger partial charge in [-0.2, -0.15) is 10.2 Å². The maximum atomic E-state index is 11.5. The number of thioether (sulfide) groups is 1. The summed E-state index contributed by atoms with van der Waals surface area (Å²) >= 11 is 1.79. The van der Waals surface area contributed by atoms with Gasteiger partial charge in [0, 0.05) is 16.7 Å². The van der Waals surface area contributed by atoms with Crippen molar-refractivity contribution in [3.8, 4) is 0 Å². The smallest absolute Gasteiger partial charge is 0.333 e. The molecule has 0 N–H and O–H groups in total. The minimum atomic E-state index is -3.21. The molecule has 2 rings (SSSR count). The number of carbonyl (C=O) groups is 1. The van der Waals surface area contributed by atoms with Gasteiger partial charge in [-0.15, -0.1) is 11.8 Å². The summed E-state index contributed by atoms with van der Waals surface area (Å²) in [5.74, 6) is 0.711. The highest BCUT2D eigenvalue weighted by atomic mass is 32.2. The second-order valence-electron chi connectivity index (χ2n) is 7.14. The van der Waals surface area contributed by atoms with E-state index in [9.17, 15) is 13.2 Å². The number of ether oxygens (including phenoxy) is 1. The van der Waals surface area contributed by atoms with Crippen LogP contribution in [0.5, 0.6) is 0 Å². The van der Waals surface area contributed by atoms with Crippen LogP contribution < -0.4 is 0 Å². The van der Waals surface area contributed by atoms with Crippen LogP contribution in [0.1, 0.15) is 32.6 Å². The Labute approximate surface area is 188 Å². The van der Waals surface area contributed by atoms with Gasteiger partial charge in [-0.3, -0.25) is 0 Å². The zero-order chi connectivity index (χ0) is 22.7. The second kappa shape index (κ2) is 12.4. The number of nitrogens with zero attached hydrogens (tertiary/aromatic N) is 2. The van der Waals surface area contributed by atoms with E-state index in [-0.39, 0.29) is 10.9 Å². The first-order valence-electron chi connectivity index (χ1n) is 10.0. The first-order valence-corrected chi connectivity index (χ1v) is 12.9. The van der Waals surface area contributed by atoms with Crippen LogP contribution in [-0.2, 0) is 19.4 Å². The standard InChI is InChI=1S/C23H28N2O4S2/c1-18(2)23(26)29-16-6-4-5-7-17-30-21-12-8-19(9-13-21)24-25-20-10-14-22(15-11-20)31(3,27)28/h8-15H,1,4-7,16-17H2,2-3H3. The molecule has 0 saturated heterocycles. The molecule has 0 fully saturated rings. The Bertz CT molecular complexity index is 999. The minimum Gasteiger partial charge on any atom is -0.462 e. The van der Waals surface area contributed by atoms with Crippen molar-refractivity contribution >= 4 is 38.9 Å². The molecule has 0 saturated carbocycles. The number of carbonyl (C=O) groups excluding carboxylic acids is 1. The zero-order valence-corrected chi connectivity index (χ0v) is 19.5. The molecule has 0 unspecified atom stereocenters. The number of hydrogen-bond acceptors (Lipinski definition) is 7. The normalized spacial score (nSPS) is 11.5. The summed E-state index contributed by atoms with van der Waals surface area (Å²) in [6.45, 7) is 5.66. The summed E-state index contributed by atoms with van der Waals surface area (Å²) < 4.78 is 28.0. The summed E-state index contributed by atoms with van der Waals surface area (Å²) in [5.41, 5.74) is 1.77. The lowest BCUT2D eigenvalue weighted by Crippen LogP contribution is -2.06. The second-order valence-corrected chi connectivity index (χ2v) is 10.3. The van der Waals surface area contributed by atoms with Gasteiger partial charge in [0.25, 0.3) is 0 Å². The maximum absolute atomic E-state index is 11.5. The third kappa shape index (κ3) is 9.48. The number of rotatable bonds is 12. The van der Waals surface area contributed by atoms with Gasteiger partial charge in [0.2, 0.25) is 0 Å². The van der Waals surface area contributed by atoms with Crippen LogP contribution in [0.2, 0.25) is 0 Å². The molecular weight excluding hydrogens is 432 g/mol. The predicted octanol–water partition coefficient (Wildman–Crippen LogP) is 6.28. The Morgan fingerprint density at radius 2 is 1.48 bits per heavy atom. The summed E-state index contributed by atoms with van der Waals surface area (Å²) in [6.07, 6.45) is 5.29. The molecule has 31 heavy (non-hydrogen) atoms. The lowest BCUT2D eigenvalue weighted by Gasteiger charge is -2.05. The van der Waals surface area contributed by atoms with Gasteiger partial charge in [-0.1, -0.05) is 19.4 Å². The van der Waals surface area contributed by atoms with Crippen LogP contribution in [0, 0.1) is 0 Å². The van der Waals surface area contributed by atoms with Crippen molar-refractivity contribution in [1.29, 1.82) is 0 Å². The molecule has 8 heteroatoms. The van der Waals surface area contributed by atoms with Crippen molar-refractivity contribution in [3.63, 3.8) is 0 Å². The molecule has 0 radical (unpaired) electrons. The third-order valence-electron chi connectivity index (χ3n) is 4.27. The number of benzene rings is 2. The molecule has 0 amide bonds. The number of esters is 1. The van der Waals surface area contributed by atoms with Crippen molar-refractivity contribution in [1.82, 2.24) is 0 Å². The van der Waals surface area contributed by atoms with E-state index in [1.54, 1.807) is 30.8 Å². The van der Waals surface area contributed by atoms with Gasteiger partial charge < -0.3 is 4.74 Å². The van der Waals surface area contributed by atoms with E-state index in [2.05, 4.69) is 16.8 Å². The van der Waals surface area contributed by atoms with E-state index in [4.69, 9.17) is 4.74 Å². The van der Waals surface area contributed by atoms with Crippen molar-refractivity contribution in [3.05, 3.63) is 60.7 Å². The molecule has 166 valence electrons.